The second-order valence-electron chi connectivity index (χ2n) is 5.29. The van der Waals surface area contributed by atoms with Gasteiger partial charge in [-0.2, -0.15) is 0 Å². The minimum absolute atomic E-state index is 0.404. The molecule has 0 saturated heterocycles. The summed E-state index contributed by atoms with van der Waals surface area (Å²) < 4.78 is 31.6. The lowest BCUT2D eigenvalue weighted by atomic mass is 10.2. The van der Waals surface area contributed by atoms with Gasteiger partial charge in [-0.05, 0) is 64.9 Å². The molecule has 0 bridgehead atoms. The minimum atomic E-state index is -3.66. The number of rotatable bonds is 4. The summed E-state index contributed by atoms with van der Waals surface area (Å²) in [5.74, 6) is 0.809. The molecule has 3 aromatic carbocycles. The number of aryl methyl sites for hydroxylation is 1. The van der Waals surface area contributed by atoms with Crippen LogP contribution in [0.15, 0.2) is 91.0 Å². The molecule has 4 nitrogen and oxygen atoms in total. The van der Waals surface area contributed by atoms with Crippen molar-refractivity contribution in [3.63, 3.8) is 0 Å². The molecule has 0 saturated carbocycles. The molecule has 0 fully saturated rings. The predicted octanol–water partition coefficient (Wildman–Crippen LogP) is 9.30. The van der Waals surface area contributed by atoms with Crippen molar-refractivity contribution in [2.45, 2.75) is 6.92 Å². The van der Waals surface area contributed by atoms with Crippen molar-refractivity contribution in [2.75, 3.05) is 0 Å². The highest BCUT2D eigenvalue weighted by atomic mass is 36.0. The topological polar surface area (TPSA) is 52.6 Å². The summed E-state index contributed by atoms with van der Waals surface area (Å²) in [7, 11) is 0. The third-order valence-corrected chi connectivity index (χ3v) is 4.13. The van der Waals surface area contributed by atoms with Crippen LogP contribution in [0.2, 0.25) is 0 Å². The molecule has 0 amide bonds. The molecule has 0 aliphatic carbocycles. The van der Waals surface area contributed by atoms with Crippen LogP contribution in [0.3, 0.4) is 0 Å². The van der Waals surface area contributed by atoms with E-state index in [9.17, 15) is 9.13 Å². The molecule has 0 spiro atoms. The Kier molecular flexibility index (Phi) is 11.8. The molecule has 0 aliphatic rings. The molecule has 0 atom stereocenters. The zero-order valence-corrected chi connectivity index (χ0v) is 20.0. The van der Waals surface area contributed by atoms with Crippen LogP contribution in [0, 0.1) is 6.92 Å². The molecule has 3 rings (SSSR count). The molecular formula is C19H18Cl4O4P2. The Balaban J connectivity index is 0.000000288. The first-order valence-corrected chi connectivity index (χ1v) is 14.9. The summed E-state index contributed by atoms with van der Waals surface area (Å²) in [4.78, 5) is 0. The summed E-state index contributed by atoms with van der Waals surface area (Å²) in [6, 6.07) is 27.6. The normalized spacial score (nSPS) is 10.5. The van der Waals surface area contributed by atoms with Crippen molar-refractivity contribution in [2.24, 2.45) is 0 Å². The summed E-state index contributed by atoms with van der Waals surface area (Å²) in [5.41, 5.74) is 1.32. The molecule has 29 heavy (non-hydrogen) atoms. The van der Waals surface area contributed by atoms with Crippen molar-refractivity contribution in [3.8, 4) is 11.5 Å². The van der Waals surface area contributed by atoms with Gasteiger partial charge in [-0.1, -0.05) is 72.3 Å². The predicted molar refractivity (Wildman–Crippen MR) is 124 cm³/mol. The van der Waals surface area contributed by atoms with Crippen molar-refractivity contribution in [1.82, 2.24) is 0 Å². The van der Waals surface area contributed by atoms with Gasteiger partial charge in [0.2, 0.25) is 0 Å². The SMILES string of the molecule is Cc1ccccc1.O=P(Cl)(Cl)Cl.O=P(Cl)(Oc1ccccc1)Oc1ccccc1. The first-order valence-electron chi connectivity index (χ1n) is 8.05. The molecular weight excluding hydrogens is 496 g/mol. The highest BCUT2D eigenvalue weighted by molar-refractivity contribution is 8.24. The first-order chi connectivity index (χ1) is 13.6. The Hall–Kier alpha value is -1.12. The van der Waals surface area contributed by atoms with Crippen LogP contribution in [0.4, 0.5) is 0 Å². The van der Waals surface area contributed by atoms with Gasteiger partial charge in [-0.25, -0.2) is 4.57 Å². The van der Waals surface area contributed by atoms with E-state index in [4.69, 9.17) is 20.3 Å². The number of para-hydroxylation sites is 2. The fraction of sp³-hybridized carbons (Fsp3) is 0.0526. The van der Waals surface area contributed by atoms with E-state index in [1.54, 1.807) is 48.5 Å². The van der Waals surface area contributed by atoms with Crippen LogP contribution in [0.1, 0.15) is 5.56 Å². The van der Waals surface area contributed by atoms with E-state index in [-0.39, 0.29) is 0 Å². The van der Waals surface area contributed by atoms with Crippen LogP contribution in [0.25, 0.3) is 0 Å². The molecule has 0 unspecified atom stereocenters. The lowest BCUT2D eigenvalue weighted by Gasteiger charge is -2.13. The fourth-order valence-corrected chi connectivity index (χ4v) is 3.03. The van der Waals surface area contributed by atoms with E-state index in [0.29, 0.717) is 11.5 Å². The molecule has 3 aromatic rings. The van der Waals surface area contributed by atoms with Crippen molar-refractivity contribution < 1.29 is 18.2 Å². The number of hydrogen-bond donors (Lipinski definition) is 0. The molecule has 0 N–H and O–H groups in total. The van der Waals surface area contributed by atoms with E-state index >= 15 is 0 Å². The van der Waals surface area contributed by atoms with E-state index in [2.05, 4.69) is 52.8 Å². The number of hydrogen-bond acceptors (Lipinski definition) is 4. The second-order valence-corrected chi connectivity index (χ2v) is 14.4. The number of benzene rings is 3. The Bertz CT molecular complexity index is 869. The van der Waals surface area contributed by atoms with Gasteiger partial charge >= 0.3 is 12.1 Å². The van der Waals surface area contributed by atoms with Gasteiger partial charge in [0.05, 0.1) is 0 Å². The average Bonchev–Trinajstić information content (AvgIpc) is 2.62. The molecule has 156 valence electrons. The third-order valence-electron chi connectivity index (χ3n) is 2.86. The monoisotopic (exact) mass is 512 g/mol. The van der Waals surface area contributed by atoms with Crippen LogP contribution in [-0.2, 0) is 9.13 Å². The van der Waals surface area contributed by atoms with Gasteiger partial charge in [0, 0.05) is 11.2 Å². The van der Waals surface area contributed by atoms with E-state index < -0.39 is 12.1 Å². The fourth-order valence-electron chi connectivity index (χ4n) is 1.77. The quantitative estimate of drug-likeness (QED) is 0.326. The largest absolute Gasteiger partial charge is 0.530 e. The van der Waals surface area contributed by atoms with Gasteiger partial charge in [0.25, 0.3) is 0 Å². The van der Waals surface area contributed by atoms with Crippen LogP contribution in [0.5, 0.6) is 11.5 Å². The molecule has 0 aliphatic heterocycles. The molecule has 10 heteroatoms. The van der Waals surface area contributed by atoms with Gasteiger partial charge in [-0.3, -0.25) is 4.57 Å². The van der Waals surface area contributed by atoms with Gasteiger partial charge in [-0.15, -0.1) is 0 Å². The first kappa shape index (κ1) is 25.9. The summed E-state index contributed by atoms with van der Waals surface area (Å²) in [5, 5.41) is -3.22. The van der Waals surface area contributed by atoms with E-state index in [1.807, 2.05) is 30.3 Å². The second kappa shape index (κ2) is 13.2. The summed E-state index contributed by atoms with van der Waals surface area (Å²) in [6.07, 6.45) is 0. The van der Waals surface area contributed by atoms with Crippen LogP contribution < -0.4 is 9.05 Å². The van der Waals surface area contributed by atoms with Gasteiger partial charge < -0.3 is 9.05 Å². The van der Waals surface area contributed by atoms with Crippen LogP contribution in [-0.4, -0.2) is 0 Å². The highest BCUT2D eigenvalue weighted by Gasteiger charge is 2.24. The van der Waals surface area contributed by atoms with E-state index in [0.717, 1.165) is 0 Å². The lowest BCUT2D eigenvalue weighted by Crippen LogP contribution is -1.94. The summed E-state index contributed by atoms with van der Waals surface area (Å²) in [6.45, 7) is -1.58. The van der Waals surface area contributed by atoms with Crippen molar-refractivity contribution in [1.29, 1.82) is 0 Å². The van der Waals surface area contributed by atoms with Crippen molar-refractivity contribution in [3.05, 3.63) is 96.6 Å². The smallest absolute Gasteiger partial charge is 0.405 e. The minimum Gasteiger partial charge on any atom is -0.405 e. The molecule has 0 aromatic heterocycles. The zero-order valence-electron chi connectivity index (χ0n) is 15.2. The maximum atomic E-state index is 11.9. The molecule has 0 heterocycles. The van der Waals surface area contributed by atoms with E-state index in [1.165, 1.54) is 5.56 Å². The zero-order chi connectivity index (χ0) is 21.8. The Labute approximate surface area is 189 Å². The van der Waals surface area contributed by atoms with Gasteiger partial charge in [0.15, 0.2) is 0 Å². The van der Waals surface area contributed by atoms with Crippen LogP contribution >= 0.6 is 57.1 Å². The summed E-state index contributed by atoms with van der Waals surface area (Å²) >= 11 is 19.6. The molecule has 0 radical (unpaired) electrons. The highest BCUT2D eigenvalue weighted by Crippen LogP contribution is 2.61. The average molecular weight is 514 g/mol. The van der Waals surface area contributed by atoms with Crippen molar-refractivity contribution >= 4 is 57.1 Å². The van der Waals surface area contributed by atoms with Gasteiger partial charge in [0.1, 0.15) is 11.5 Å². The Morgan fingerprint density at radius 1 is 0.586 bits per heavy atom. The number of halogens is 4. The lowest BCUT2D eigenvalue weighted by molar-refractivity contribution is 0.406. The Morgan fingerprint density at radius 2 is 0.862 bits per heavy atom. The standard InChI is InChI=1S/C12H10ClO3P.C7H8.Cl3OP/c13-17(14,15-11-7-3-1-4-8-11)16-12-9-5-2-6-10-12;1-7-5-3-2-4-6-7;1-5(2,3)4/h1-10H;2-6H,1H3;. The maximum absolute atomic E-state index is 11.9. The third kappa shape index (κ3) is 15.4. The Morgan fingerprint density at radius 3 is 1.10 bits per heavy atom. The maximum Gasteiger partial charge on any atom is 0.530 e.